The first-order valence-corrected chi connectivity index (χ1v) is 11.8. The summed E-state index contributed by atoms with van der Waals surface area (Å²) >= 11 is 0. The van der Waals surface area contributed by atoms with Crippen molar-refractivity contribution in [2.24, 2.45) is 0 Å². The Morgan fingerprint density at radius 2 is 1.68 bits per heavy atom. The second kappa shape index (κ2) is 15.6. The van der Waals surface area contributed by atoms with E-state index < -0.39 is 5.79 Å². The van der Waals surface area contributed by atoms with E-state index in [0.29, 0.717) is 0 Å². The number of unbranched alkanes of at least 4 members (excludes halogenated alkanes) is 4. The average Bonchev–Trinajstić information content (AvgIpc) is 3.04. The second-order valence-electron chi connectivity index (χ2n) is 8.70. The molecular weight excluding hydrogens is 396 g/mol. The lowest BCUT2D eigenvalue weighted by atomic mass is 9.99. The minimum Gasteiger partial charge on any atom is -0.459 e. The number of rotatable bonds is 18. The highest BCUT2D eigenvalue weighted by atomic mass is 16.8. The van der Waals surface area contributed by atoms with Gasteiger partial charge >= 0.3 is 5.97 Å². The van der Waals surface area contributed by atoms with Crippen molar-refractivity contribution in [3.63, 3.8) is 0 Å². The van der Waals surface area contributed by atoms with Crippen LogP contribution in [0.25, 0.3) is 0 Å². The molecule has 1 heterocycles. The van der Waals surface area contributed by atoms with Crippen LogP contribution < -0.4 is 0 Å². The first-order valence-electron chi connectivity index (χ1n) is 11.8. The summed E-state index contributed by atoms with van der Waals surface area (Å²) in [5, 5.41) is 0. The van der Waals surface area contributed by atoms with Crippen molar-refractivity contribution in [3.8, 4) is 0 Å². The summed E-state index contributed by atoms with van der Waals surface area (Å²) in [6.07, 6.45) is 12.8. The first kappa shape index (κ1) is 27.8. The van der Waals surface area contributed by atoms with E-state index in [1.165, 1.54) is 6.08 Å². The van der Waals surface area contributed by atoms with Gasteiger partial charge in [0.05, 0.1) is 12.2 Å². The number of ether oxygens (including phenoxy) is 5. The smallest absolute Gasteiger partial charge is 0.330 e. The first-order chi connectivity index (χ1) is 14.8. The molecule has 1 saturated heterocycles. The van der Waals surface area contributed by atoms with Crippen LogP contribution in [0, 0.1) is 0 Å². The van der Waals surface area contributed by atoms with Gasteiger partial charge in [-0.05, 0) is 46.0 Å². The normalized spacial score (nSPS) is 22.1. The molecule has 31 heavy (non-hydrogen) atoms. The van der Waals surface area contributed by atoms with Crippen molar-refractivity contribution in [3.05, 3.63) is 25.3 Å². The Kier molecular flexibility index (Phi) is 14.0. The fourth-order valence-corrected chi connectivity index (χ4v) is 3.96. The number of esters is 1. The maximum Gasteiger partial charge on any atom is 0.330 e. The van der Waals surface area contributed by atoms with Crippen molar-refractivity contribution in [1.29, 1.82) is 0 Å². The zero-order valence-corrected chi connectivity index (χ0v) is 20.1. The van der Waals surface area contributed by atoms with Crippen LogP contribution in [-0.2, 0) is 28.5 Å². The van der Waals surface area contributed by atoms with Gasteiger partial charge < -0.3 is 23.7 Å². The lowest BCUT2D eigenvalue weighted by Crippen LogP contribution is -2.28. The molecule has 0 spiro atoms. The van der Waals surface area contributed by atoms with Crippen LogP contribution in [0.15, 0.2) is 25.3 Å². The molecule has 4 atom stereocenters. The largest absolute Gasteiger partial charge is 0.459 e. The van der Waals surface area contributed by atoms with Gasteiger partial charge in [0, 0.05) is 19.6 Å². The molecule has 0 N–H and O–H groups in total. The van der Waals surface area contributed by atoms with Crippen LogP contribution in [0.4, 0.5) is 0 Å². The molecule has 1 aliphatic heterocycles. The summed E-state index contributed by atoms with van der Waals surface area (Å²) in [6, 6.07) is 0. The Labute approximate surface area is 189 Å². The Bertz CT molecular complexity index is 518. The van der Waals surface area contributed by atoms with Gasteiger partial charge in [0.2, 0.25) is 0 Å². The minimum atomic E-state index is -0.606. The summed E-state index contributed by atoms with van der Waals surface area (Å²) in [6.45, 7) is 13.7. The minimum absolute atomic E-state index is 0.0165. The van der Waals surface area contributed by atoms with Gasteiger partial charge in [0.1, 0.15) is 19.0 Å². The van der Waals surface area contributed by atoms with Crippen molar-refractivity contribution in [2.45, 2.75) is 115 Å². The lowest BCUT2D eigenvalue weighted by Gasteiger charge is -2.23. The fraction of sp³-hybridized carbons (Fsp3) is 0.800. The highest BCUT2D eigenvalue weighted by Crippen LogP contribution is 2.32. The van der Waals surface area contributed by atoms with Gasteiger partial charge in [-0.25, -0.2) is 4.79 Å². The highest BCUT2D eigenvalue weighted by molar-refractivity contribution is 5.81. The maximum absolute atomic E-state index is 11.6. The van der Waals surface area contributed by atoms with E-state index >= 15 is 0 Å². The SMILES string of the molecule is C=CC(=O)O[C@H](CCCCC)CCCCC[C@H](C[C@@H]1OC(C)(C)O[C@H]1C=C)OCOC. The van der Waals surface area contributed by atoms with Crippen LogP contribution in [0.5, 0.6) is 0 Å². The molecular formula is C25H44O6. The number of carbonyl (C=O) groups excluding carboxylic acids is 1. The molecule has 0 aromatic carbocycles. The molecule has 0 unspecified atom stereocenters. The molecule has 1 rings (SSSR count). The van der Waals surface area contributed by atoms with Gasteiger partial charge in [-0.15, -0.1) is 6.58 Å². The summed E-state index contributed by atoms with van der Waals surface area (Å²) in [5.41, 5.74) is 0. The summed E-state index contributed by atoms with van der Waals surface area (Å²) in [4.78, 5) is 11.6. The summed E-state index contributed by atoms with van der Waals surface area (Å²) in [7, 11) is 1.63. The van der Waals surface area contributed by atoms with E-state index in [1.54, 1.807) is 13.2 Å². The van der Waals surface area contributed by atoms with Gasteiger partial charge in [0.25, 0.3) is 0 Å². The third-order valence-electron chi connectivity index (χ3n) is 5.50. The van der Waals surface area contributed by atoms with Crippen LogP contribution in [0.3, 0.4) is 0 Å². The third kappa shape index (κ3) is 11.8. The van der Waals surface area contributed by atoms with E-state index in [2.05, 4.69) is 20.1 Å². The topological polar surface area (TPSA) is 63.2 Å². The standard InChI is InChI=1S/C25H44O6/c1-7-10-12-15-20(29-24(26)9-3)16-13-11-14-17-21(28-19-27-6)18-23-22(8-2)30-25(4,5)31-23/h8-9,20-23H,2-3,7,10-19H2,1,4-6H3/t20-,21-,22+,23+/m1/s1. The number of hydrogen-bond donors (Lipinski definition) is 0. The monoisotopic (exact) mass is 440 g/mol. The molecule has 0 aliphatic carbocycles. The van der Waals surface area contributed by atoms with Gasteiger partial charge in [-0.2, -0.15) is 0 Å². The Hall–Kier alpha value is -1.21. The number of methoxy groups -OCH3 is 1. The fourth-order valence-electron chi connectivity index (χ4n) is 3.96. The number of carbonyl (C=O) groups is 1. The van der Waals surface area contributed by atoms with Crippen molar-refractivity contribution in [2.75, 3.05) is 13.9 Å². The summed E-state index contributed by atoms with van der Waals surface area (Å²) in [5.74, 6) is -0.932. The van der Waals surface area contributed by atoms with Crippen LogP contribution in [-0.4, -0.2) is 50.1 Å². The van der Waals surface area contributed by atoms with Crippen LogP contribution in [0.1, 0.15) is 85.0 Å². The van der Waals surface area contributed by atoms with Gasteiger partial charge in [0.15, 0.2) is 5.79 Å². The molecule has 0 radical (unpaired) electrons. The van der Waals surface area contributed by atoms with Gasteiger partial charge in [-0.3, -0.25) is 0 Å². The third-order valence-corrected chi connectivity index (χ3v) is 5.50. The molecule has 1 fully saturated rings. The van der Waals surface area contributed by atoms with E-state index in [4.69, 9.17) is 23.7 Å². The molecule has 6 heteroatoms. The summed E-state index contributed by atoms with van der Waals surface area (Å²) < 4.78 is 28.5. The van der Waals surface area contributed by atoms with Crippen LogP contribution in [0.2, 0.25) is 0 Å². The van der Waals surface area contributed by atoms with E-state index in [9.17, 15) is 4.79 Å². The zero-order chi connectivity index (χ0) is 23.1. The number of hydrogen-bond acceptors (Lipinski definition) is 6. The molecule has 0 aromatic heterocycles. The molecule has 0 amide bonds. The highest BCUT2D eigenvalue weighted by Gasteiger charge is 2.40. The lowest BCUT2D eigenvalue weighted by molar-refractivity contribution is -0.149. The second-order valence-corrected chi connectivity index (χ2v) is 8.70. The molecule has 0 bridgehead atoms. The molecule has 1 aliphatic rings. The Morgan fingerprint density at radius 3 is 2.26 bits per heavy atom. The van der Waals surface area contributed by atoms with E-state index in [-0.39, 0.29) is 37.2 Å². The Balaban J connectivity index is 2.43. The van der Waals surface area contributed by atoms with Crippen molar-refractivity contribution < 1.29 is 28.5 Å². The Morgan fingerprint density at radius 1 is 1.03 bits per heavy atom. The van der Waals surface area contributed by atoms with E-state index in [0.717, 1.165) is 64.2 Å². The predicted molar refractivity (Wildman–Crippen MR) is 123 cm³/mol. The zero-order valence-electron chi connectivity index (χ0n) is 20.1. The predicted octanol–water partition coefficient (Wildman–Crippen LogP) is 5.70. The van der Waals surface area contributed by atoms with E-state index in [1.807, 2.05) is 13.8 Å². The molecule has 0 saturated carbocycles. The quantitative estimate of drug-likeness (QED) is 0.0895. The average molecular weight is 441 g/mol. The maximum atomic E-state index is 11.6. The van der Waals surface area contributed by atoms with Gasteiger partial charge in [-0.1, -0.05) is 45.3 Å². The molecule has 180 valence electrons. The van der Waals surface area contributed by atoms with Crippen molar-refractivity contribution >= 4 is 5.97 Å². The van der Waals surface area contributed by atoms with Crippen LogP contribution >= 0.6 is 0 Å². The molecule has 0 aromatic rings. The van der Waals surface area contributed by atoms with Crippen molar-refractivity contribution in [1.82, 2.24) is 0 Å². The molecule has 6 nitrogen and oxygen atoms in total.